The zero-order valence-corrected chi connectivity index (χ0v) is 13.0. The molecule has 1 aromatic carbocycles. The third-order valence-corrected chi connectivity index (χ3v) is 5.04. The minimum atomic E-state index is -1.11. The molecule has 0 bridgehead atoms. The Morgan fingerprint density at radius 3 is 2.41 bits per heavy atom. The highest BCUT2D eigenvalue weighted by molar-refractivity contribution is 5.99. The van der Waals surface area contributed by atoms with Gasteiger partial charge in [-0.3, -0.25) is 4.79 Å². The number of carbonyl (C=O) groups excluding carboxylic acids is 2. The highest BCUT2D eigenvalue weighted by Gasteiger charge is 2.37. The molecule has 2 aliphatic rings. The second-order valence-corrected chi connectivity index (χ2v) is 6.37. The summed E-state index contributed by atoms with van der Waals surface area (Å²) in [5, 5.41) is 11.5. The Kier molecular flexibility index (Phi) is 3.77. The van der Waals surface area contributed by atoms with E-state index in [0.29, 0.717) is 19.4 Å². The van der Waals surface area contributed by atoms with Crippen LogP contribution in [0.4, 0.5) is 5.69 Å². The van der Waals surface area contributed by atoms with E-state index in [-0.39, 0.29) is 5.91 Å². The van der Waals surface area contributed by atoms with E-state index >= 15 is 0 Å². The van der Waals surface area contributed by atoms with Gasteiger partial charge in [-0.1, -0.05) is 29.3 Å². The molecule has 116 valence electrons. The van der Waals surface area contributed by atoms with Crippen molar-refractivity contribution in [2.24, 2.45) is 11.8 Å². The van der Waals surface area contributed by atoms with Gasteiger partial charge in [0.05, 0.1) is 5.92 Å². The summed E-state index contributed by atoms with van der Waals surface area (Å²) in [5.74, 6) is -2.42. The van der Waals surface area contributed by atoms with Crippen LogP contribution >= 0.6 is 0 Å². The standard InChI is InChI=1S/C18H21NO3/c1-11-9-14(15(18(21)22)10-12(11)2)17(20)19-8-7-13-5-3-4-6-16(13)19/h3-6,14-15H,7-10H2,1-2H3,(H,21,22)/p-1/t14-,15-/m0/s1. The molecular weight excluding hydrogens is 278 g/mol. The molecule has 3 rings (SSSR count). The topological polar surface area (TPSA) is 60.4 Å². The van der Waals surface area contributed by atoms with Crippen molar-refractivity contribution in [3.63, 3.8) is 0 Å². The van der Waals surface area contributed by atoms with E-state index in [1.807, 2.05) is 38.1 Å². The number of hydrogen-bond donors (Lipinski definition) is 0. The van der Waals surface area contributed by atoms with Gasteiger partial charge in [0.15, 0.2) is 0 Å². The lowest BCUT2D eigenvalue weighted by Crippen LogP contribution is -2.46. The maximum atomic E-state index is 12.9. The molecule has 0 spiro atoms. The number of aliphatic carboxylic acids is 1. The van der Waals surface area contributed by atoms with Crippen molar-refractivity contribution in [1.82, 2.24) is 0 Å². The zero-order chi connectivity index (χ0) is 15.9. The number of para-hydroxylation sites is 1. The van der Waals surface area contributed by atoms with E-state index in [4.69, 9.17) is 0 Å². The van der Waals surface area contributed by atoms with Crippen LogP contribution in [0.15, 0.2) is 35.4 Å². The van der Waals surface area contributed by atoms with Gasteiger partial charge in [-0.05, 0) is 44.7 Å². The Hall–Kier alpha value is -2.10. The summed E-state index contributed by atoms with van der Waals surface area (Å²) in [6, 6.07) is 7.84. The number of benzene rings is 1. The SMILES string of the molecule is CC1=C(C)C[C@H](C(=O)N2CCc3ccccc32)[C@@H](C(=O)[O-])C1. The number of amides is 1. The van der Waals surface area contributed by atoms with E-state index < -0.39 is 17.8 Å². The Balaban J connectivity index is 1.90. The summed E-state index contributed by atoms with van der Waals surface area (Å²) in [6.45, 7) is 4.56. The number of hydrogen-bond acceptors (Lipinski definition) is 3. The number of anilines is 1. The third kappa shape index (κ3) is 2.43. The third-order valence-electron chi connectivity index (χ3n) is 5.04. The van der Waals surface area contributed by atoms with Crippen molar-refractivity contribution >= 4 is 17.6 Å². The van der Waals surface area contributed by atoms with Gasteiger partial charge < -0.3 is 14.8 Å². The molecule has 1 aromatic rings. The van der Waals surface area contributed by atoms with Gasteiger partial charge >= 0.3 is 0 Å². The van der Waals surface area contributed by atoms with Crippen molar-refractivity contribution < 1.29 is 14.7 Å². The van der Waals surface area contributed by atoms with Crippen LogP contribution in [0.3, 0.4) is 0 Å². The Labute approximate surface area is 130 Å². The van der Waals surface area contributed by atoms with Crippen molar-refractivity contribution in [2.75, 3.05) is 11.4 Å². The fraction of sp³-hybridized carbons (Fsp3) is 0.444. The molecule has 1 heterocycles. The number of carboxylic acid groups (broad SMARTS) is 1. The molecule has 4 heteroatoms. The molecule has 0 saturated carbocycles. The van der Waals surface area contributed by atoms with Crippen LogP contribution in [0.25, 0.3) is 0 Å². The lowest BCUT2D eigenvalue weighted by Gasteiger charge is -2.35. The summed E-state index contributed by atoms with van der Waals surface area (Å²) in [6.07, 6.45) is 1.76. The highest BCUT2D eigenvalue weighted by atomic mass is 16.4. The van der Waals surface area contributed by atoms with Gasteiger partial charge in [0, 0.05) is 24.1 Å². The minimum Gasteiger partial charge on any atom is -0.550 e. The molecule has 0 N–H and O–H groups in total. The Morgan fingerprint density at radius 2 is 1.73 bits per heavy atom. The molecule has 1 aliphatic carbocycles. The van der Waals surface area contributed by atoms with E-state index in [2.05, 4.69) is 0 Å². The monoisotopic (exact) mass is 298 g/mol. The summed E-state index contributed by atoms with van der Waals surface area (Å²) in [5.41, 5.74) is 4.28. The molecule has 0 unspecified atom stereocenters. The van der Waals surface area contributed by atoms with Crippen LogP contribution in [0.5, 0.6) is 0 Å². The average Bonchev–Trinajstić information content (AvgIpc) is 2.92. The fourth-order valence-corrected chi connectivity index (χ4v) is 3.57. The normalized spacial score (nSPS) is 24.4. The number of allylic oxidation sites excluding steroid dienone is 2. The first kappa shape index (κ1) is 14.8. The van der Waals surface area contributed by atoms with Gasteiger partial charge in [-0.2, -0.15) is 0 Å². The number of nitrogens with zero attached hydrogens (tertiary/aromatic N) is 1. The van der Waals surface area contributed by atoms with Crippen LogP contribution in [-0.2, 0) is 16.0 Å². The van der Waals surface area contributed by atoms with Crippen molar-refractivity contribution in [2.45, 2.75) is 33.1 Å². The van der Waals surface area contributed by atoms with Gasteiger partial charge in [-0.15, -0.1) is 0 Å². The van der Waals surface area contributed by atoms with E-state index in [9.17, 15) is 14.7 Å². The zero-order valence-electron chi connectivity index (χ0n) is 13.0. The molecule has 0 aromatic heterocycles. The molecule has 0 fully saturated rings. The van der Waals surface area contributed by atoms with Gasteiger partial charge in [0.2, 0.25) is 5.91 Å². The van der Waals surface area contributed by atoms with Crippen LogP contribution in [0.2, 0.25) is 0 Å². The smallest absolute Gasteiger partial charge is 0.231 e. The molecule has 2 atom stereocenters. The largest absolute Gasteiger partial charge is 0.550 e. The first-order valence-electron chi connectivity index (χ1n) is 7.74. The van der Waals surface area contributed by atoms with Gasteiger partial charge in [-0.25, -0.2) is 0 Å². The predicted molar refractivity (Wildman–Crippen MR) is 82.1 cm³/mol. The van der Waals surface area contributed by atoms with Crippen LogP contribution in [-0.4, -0.2) is 18.4 Å². The molecule has 0 saturated heterocycles. The number of carboxylic acids is 1. The molecule has 22 heavy (non-hydrogen) atoms. The maximum absolute atomic E-state index is 12.9. The average molecular weight is 298 g/mol. The van der Waals surface area contributed by atoms with E-state index in [0.717, 1.165) is 28.8 Å². The minimum absolute atomic E-state index is 0.0778. The van der Waals surface area contributed by atoms with E-state index in [1.165, 1.54) is 0 Å². The maximum Gasteiger partial charge on any atom is 0.231 e. The summed E-state index contributed by atoms with van der Waals surface area (Å²) in [7, 11) is 0. The molecular formula is C18H20NO3-. The number of fused-ring (bicyclic) bond motifs is 1. The second kappa shape index (κ2) is 5.59. The van der Waals surface area contributed by atoms with Crippen LogP contribution in [0, 0.1) is 11.8 Å². The Morgan fingerprint density at radius 1 is 1.09 bits per heavy atom. The summed E-state index contributed by atoms with van der Waals surface area (Å²) < 4.78 is 0. The quantitative estimate of drug-likeness (QED) is 0.781. The first-order chi connectivity index (χ1) is 10.5. The fourth-order valence-electron chi connectivity index (χ4n) is 3.57. The highest BCUT2D eigenvalue weighted by Crippen LogP contribution is 2.37. The number of carbonyl (C=O) groups is 2. The summed E-state index contributed by atoms with van der Waals surface area (Å²) >= 11 is 0. The summed E-state index contributed by atoms with van der Waals surface area (Å²) in [4.78, 5) is 26.2. The molecule has 1 amide bonds. The lowest BCUT2D eigenvalue weighted by molar-refractivity contribution is -0.313. The van der Waals surface area contributed by atoms with Crippen molar-refractivity contribution in [1.29, 1.82) is 0 Å². The van der Waals surface area contributed by atoms with Crippen molar-refractivity contribution in [3.8, 4) is 0 Å². The molecule has 1 aliphatic heterocycles. The lowest BCUT2D eigenvalue weighted by atomic mass is 9.76. The van der Waals surface area contributed by atoms with Crippen molar-refractivity contribution in [3.05, 3.63) is 41.0 Å². The van der Waals surface area contributed by atoms with E-state index in [1.54, 1.807) is 4.90 Å². The second-order valence-electron chi connectivity index (χ2n) is 6.37. The van der Waals surface area contributed by atoms with Crippen LogP contribution in [0.1, 0.15) is 32.3 Å². The first-order valence-corrected chi connectivity index (χ1v) is 7.74. The van der Waals surface area contributed by atoms with Crippen LogP contribution < -0.4 is 10.0 Å². The van der Waals surface area contributed by atoms with Gasteiger partial charge in [0.1, 0.15) is 0 Å². The molecule has 0 radical (unpaired) electrons. The Bertz CT molecular complexity index is 662. The number of rotatable bonds is 2. The predicted octanol–water partition coefficient (Wildman–Crippen LogP) is 1.69. The molecule has 4 nitrogen and oxygen atoms in total. The van der Waals surface area contributed by atoms with Gasteiger partial charge in [0.25, 0.3) is 0 Å².